The summed E-state index contributed by atoms with van der Waals surface area (Å²) in [5.41, 5.74) is 2.64. The molecule has 44 heavy (non-hydrogen) atoms. The highest BCUT2D eigenvalue weighted by Crippen LogP contribution is 2.23. The normalized spacial score (nSPS) is 23.3. The number of carbonyl (C=O) groups excluding carboxylic acids is 4. The van der Waals surface area contributed by atoms with E-state index in [1.54, 1.807) is 0 Å². The third-order valence-electron chi connectivity index (χ3n) is 8.73. The van der Waals surface area contributed by atoms with Gasteiger partial charge in [0.2, 0.25) is 17.7 Å². The van der Waals surface area contributed by atoms with Gasteiger partial charge in [-0.15, -0.1) is 0 Å². The van der Waals surface area contributed by atoms with E-state index in [2.05, 4.69) is 27.9 Å². The van der Waals surface area contributed by atoms with Crippen LogP contribution in [0, 0.1) is 11.8 Å². The van der Waals surface area contributed by atoms with E-state index in [1.165, 1.54) is 0 Å². The Morgan fingerprint density at radius 2 is 1.50 bits per heavy atom. The summed E-state index contributed by atoms with van der Waals surface area (Å²) < 4.78 is 6.03. The van der Waals surface area contributed by atoms with Gasteiger partial charge < -0.3 is 25.7 Å². The standard InChI is InChI=1S/C35H46N4O5/c1-5-7-13-23(4)30-20-31(40)37-29(19-25-21-36-27-17-12-11-16-26(25)27)33(41)38-28(18-24-14-9-8-10-15-24)34(42)39-32(22(3)6-2)35(43)44-30/h8-12,14-17,21-23,28-30,32,36H,5-7,13,18-20H2,1-4H3,(H,37,40)(H,38,41)(H,39,42). The van der Waals surface area contributed by atoms with Gasteiger partial charge in [-0.25, -0.2) is 4.79 Å². The van der Waals surface area contributed by atoms with Gasteiger partial charge in [-0.2, -0.15) is 0 Å². The molecule has 3 aromatic rings. The van der Waals surface area contributed by atoms with Gasteiger partial charge >= 0.3 is 5.97 Å². The van der Waals surface area contributed by atoms with Gasteiger partial charge in [-0.3, -0.25) is 14.4 Å². The number of H-pyrrole nitrogens is 1. The molecule has 1 aliphatic rings. The van der Waals surface area contributed by atoms with Crippen molar-refractivity contribution >= 4 is 34.6 Å². The third kappa shape index (κ3) is 8.49. The zero-order chi connectivity index (χ0) is 31.6. The molecule has 9 heteroatoms. The first-order valence-corrected chi connectivity index (χ1v) is 15.9. The highest BCUT2D eigenvalue weighted by molar-refractivity contribution is 5.95. The molecule has 0 spiro atoms. The molecule has 4 N–H and O–H groups in total. The number of ether oxygens (including phenoxy) is 1. The summed E-state index contributed by atoms with van der Waals surface area (Å²) in [5.74, 6) is -2.20. The first kappa shape index (κ1) is 32.8. The molecule has 1 aliphatic heterocycles. The zero-order valence-corrected chi connectivity index (χ0v) is 26.2. The number of fused-ring (bicyclic) bond motifs is 1. The average Bonchev–Trinajstić information content (AvgIpc) is 3.43. The fourth-order valence-corrected chi connectivity index (χ4v) is 5.71. The summed E-state index contributed by atoms with van der Waals surface area (Å²) in [4.78, 5) is 58.2. The van der Waals surface area contributed by atoms with Crippen molar-refractivity contribution < 1.29 is 23.9 Å². The second-order valence-corrected chi connectivity index (χ2v) is 12.1. The number of unbranched alkanes of at least 4 members (excludes halogenated alkanes) is 1. The number of rotatable bonds is 10. The molecule has 2 aromatic carbocycles. The minimum Gasteiger partial charge on any atom is -0.460 e. The van der Waals surface area contributed by atoms with Crippen molar-refractivity contribution in [3.63, 3.8) is 0 Å². The number of carbonyl (C=O) groups is 4. The van der Waals surface area contributed by atoms with Gasteiger partial charge in [0.1, 0.15) is 24.2 Å². The van der Waals surface area contributed by atoms with Gasteiger partial charge in [0, 0.05) is 29.9 Å². The summed E-state index contributed by atoms with van der Waals surface area (Å²) in [5, 5.41) is 9.69. The van der Waals surface area contributed by atoms with Crippen LogP contribution >= 0.6 is 0 Å². The maximum absolute atomic E-state index is 13.9. The van der Waals surface area contributed by atoms with Gasteiger partial charge in [0.25, 0.3) is 0 Å². The van der Waals surface area contributed by atoms with Crippen LogP contribution in [-0.4, -0.2) is 52.9 Å². The molecule has 1 aromatic heterocycles. The minimum absolute atomic E-state index is 0.0805. The van der Waals surface area contributed by atoms with Crippen LogP contribution in [0.4, 0.5) is 0 Å². The van der Waals surface area contributed by atoms with Gasteiger partial charge in [-0.05, 0) is 35.4 Å². The second-order valence-electron chi connectivity index (χ2n) is 12.1. The number of hydrogen-bond donors (Lipinski definition) is 4. The number of esters is 1. The Morgan fingerprint density at radius 1 is 0.818 bits per heavy atom. The Morgan fingerprint density at radius 3 is 2.23 bits per heavy atom. The average molecular weight is 603 g/mol. The molecule has 3 amide bonds. The molecule has 9 nitrogen and oxygen atoms in total. The molecule has 0 saturated carbocycles. The van der Waals surface area contributed by atoms with Crippen molar-refractivity contribution in [3.05, 3.63) is 71.9 Å². The molecule has 0 radical (unpaired) electrons. The highest BCUT2D eigenvalue weighted by Gasteiger charge is 2.36. The quantitative estimate of drug-likeness (QED) is 0.252. The number of hydrogen-bond acceptors (Lipinski definition) is 5. The van der Waals surface area contributed by atoms with E-state index in [4.69, 9.17) is 4.74 Å². The molecule has 2 heterocycles. The summed E-state index contributed by atoms with van der Waals surface area (Å²) in [6.07, 6.45) is 4.79. The van der Waals surface area contributed by atoms with Crippen LogP contribution in [0.5, 0.6) is 0 Å². The van der Waals surface area contributed by atoms with Crippen LogP contribution < -0.4 is 16.0 Å². The lowest BCUT2D eigenvalue weighted by Crippen LogP contribution is -2.57. The Kier molecular flexibility index (Phi) is 11.6. The number of aromatic amines is 1. The molecule has 1 saturated heterocycles. The molecule has 0 bridgehead atoms. The number of nitrogens with one attached hydrogen (secondary N) is 4. The summed E-state index contributed by atoms with van der Waals surface area (Å²) in [7, 11) is 0. The fraction of sp³-hybridized carbons (Fsp3) is 0.486. The van der Waals surface area contributed by atoms with E-state index in [1.807, 2.05) is 81.6 Å². The monoisotopic (exact) mass is 602 g/mol. The van der Waals surface area contributed by atoms with Crippen LogP contribution in [0.2, 0.25) is 0 Å². The number of cyclic esters (lactones) is 1. The van der Waals surface area contributed by atoms with E-state index in [0.29, 0.717) is 6.42 Å². The predicted octanol–water partition coefficient (Wildman–Crippen LogP) is 4.60. The summed E-state index contributed by atoms with van der Waals surface area (Å²) >= 11 is 0. The van der Waals surface area contributed by atoms with E-state index in [9.17, 15) is 19.2 Å². The second kappa shape index (κ2) is 15.5. The molecule has 6 unspecified atom stereocenters. The maximum Gasteiger partial charge on any atom is 0.329 e. The molecule has 4 rings (SSSR count). The first-order chi connectivity index (χ1) is 21.2. The van der Waals surface area contributed by atoms with Gasteiger partial charge in [0.15, 0.2) is 0 Å². The van der Waals surface area contributed by atoms with Crippen molar-refractivity contribution in [1.82, 2.24) is 20.9 Å². The Hall–Kier alpha value is -4.14. The molecule has 6 atom stereocenters. The van der Waals surface area contributed by atoms with Crippen molar-refractivity contribution in [2.75, 3.05) is 0 Å². The predicted molar refractivity (Wildman–Crippen MR) is 171 cm³/mol. The van der Waals surface area contributed by atoms with Crippen molar-refractivity contribution in [3.8, 4) is 0 Å². The Labute approximate surface area is 259 Å². The highest BCUT2D eigenvalue weighted by atomic mass is 16.5. The van der Waals surface area contributed by atoms with Crippen molar-refractivity contribution in [1.29, 1.82) is 0 Å². The Bertz CT molecular complexity index is 1420. The molecular formula is C35H46N4O5. The van der Waals surface area contributed by atoms with E-state index < -0.39 is 42.0 Å². The van der Waals surface area contributed by atoms with Crippen LogP contribution in [0.25, 0.3) is 10.9 Å². The van der Waals surface area contributed by atoms with Crippen molar-refractivity contribution in [2.45, 2.75) is 96.9 Å². The minimum atomic E-state index is -0.980. The van der Waals surface area contributed by atoms with E-state index in [-0.39, 0.29) is 37.0 Å². The van der Waals surface area contributed by atoms with E-state index in [0.717, 1.165) is 41.3 Å². The van der Waals surface area contributed by atoms with Crippen LogP contribution in [-0.2, 0) is 36.8 Å². The first-order valence-electron chi connectivity index (χ1n) is 15.9. The lowest BCUT2D eigenvalue weighted by molar-refractivity contribution is -0.158. The molecule has 1 fully saturated rings. The molecule has 0 aliphatic carbocycles. The molecule has 236 valence electrons. The van der Waals surface area contributed by atoms with Gasteiger partial charge in [-0.1, -0.05) is 95.5 Å². The summed E-state index contributed by atoms with van der Waals surface area (Å²) in [6, 6.07) is 14.3. The molecular weight excluding hydrogens is 556 g/mol. The lowest BCUT2D eigenvalue weighted by atomic mass is 9.94. The number of aromatic nitrogens is 1. The van der Waals surface area contributed by atoms with Crippen LogP contribution in [0.1, 0.15) is 70.9 Å². The SMILES string of the molecule is CCCCC(C)C1CC(=O)NC(Cc2c[nH]c3ccccc23)C(=O)NC(Cc2ccccc2)C(=O)NC(C(C)CC)C(=O)O1. The van der Waals surface area contributed by atoms with Crippen molar-refractivity contribution in [2.24, 2.45) is 11.8 Å². The number of amides is 3. The number of benzene rings is 2. The number of para-hydroxylation sites is 1. The lowest BCUT2D eigenvalue weighted by Gasteiger charge is -2.29. The van der Waals surface area contributed by atoms with Crippen LogP contribution in [0.15, 0.2) is 60.8 Å². The topological polar surface area (TPSA) is 129 Å². The third-order valence-corrected chi connectivity index (χ3v) is 8.73. The van der Waals surface area contributed by atoms with E-state index >= 15 is 0 Å². The zero-order valence-electron chi connectivity index (χ0n) is 26.2. The fourth-order valence-electron chi connectivity index (χ4n) is 5.71. The maximum atomic E-state index is 13.9. The Balaban J connectivity index is 1.71. The largest absolute Gasteiger partial charge is 0.460 e. The van der Waals surface area contributed by atoms with Gasteiger partial charge in [0.05, 0.1) is 6.42 Å². The smallest absolute Gasteiger partial charge is 0.329 e. The van der Waals surface area contributed by atoms with Crippen LogP contribution in [0.3, 0.4) is 0 Å². The summed E-state index contributed by atoms with van der Waals surface area (Å²) in [6.45, 7) is 7.89.